The molecule has 230 valence electrons. The van der Waals surface area contributed by atoms with Crippen molar-refractivity contribution >= 4 is 71.7 Å². The summed E-state index contributed by atoms with van der Waals surface area (Å²) in [6.07, 6.45) is 0. The van der Waals surface area contributed by atoms with E-state index in [-0.39, 0.29) is 0 Å². The van der Waals surface area contributed by atoms with Gasteiger partial charge in [0.2, 0.25) is 0 Å². The molecule has 0 radical (unpaired) electrons. The minimum Gasteiger partial charge on any atom is -0.456 e. The summed E-state index contributed by atoms with van der Waals surface area (Å²) in [5.41, 5.74) is 11.4. The van der Waals surface area contributed by atoms with E-state index in [0.717, 1.165) is 88.6 Å². The maximum absolute atomic E-state index is 6.58. The number of nitrogens with zero attached hydrogens (tertiary/aromatic N) is 1. The summed E-state index contributed by atoms with van der Waals surface area (Å²) in [6, 6.07) is 61.9. The third-order valence-electron chi connectivity index (χ3n) is 9.68. The van der Waals surface area contributed by atoms with Crippen molar-refractivity contribution in [1.29, 1.82) is 0 Å². The van der Waals surface area contributed by atoms with Crippen LogP contribution in [0.15, 0.2) is 185 Å². The van der Waals surface area contributed by atoms with Gasteiger partial charge in [-0.3, -0.25) is 0 Å². The zero-order valence-corrected chi connectivity index (χ0v) is 26.5. The molecule has 0 N–H and O–H groups in total. The molecule has 0 unspecified atom stereocenters. The molecule has 8 aromatic carbocycles. The van der Waals surface area contributed by atoms with Crippen molar-refractivity contribution in [2.45, 2.75) is 0 Å². The van der Waals surface area contributed by atoms with E-state index in [9.17, 15) is 0 Å². The van der Waals surface area contributed by atoms with Crippen molar-refractivity contribution in [2.75, 3.05) is 4.90 Å². The van der Waals surface area contributed by atoms with Crippen LogP contribution in [0.4, 0.5) is 17.1 Å². The first kappa shape index (κ1) is 27.5. The van der Waals surface area contributed by atoms with E-state index in [4.69, 9.17) is 8.83 Å². The van der Waals surface area contributed by atoms with Crippen molar-refractivity contribution in [1.82, 2.24) is 0 Å². The fourth-order valence-electron chi connectivity index (χ4n) is 7.48. The van der Waals surface area contributed by atoms with Crippen LogP contribution in [-0.2, 0) is 0 Å². The van der Waals surface area contributed by atoms with Crippen molar-refractivity contribution in [2.24, 2.45) is 0 Å². The zero-order chi connectivity index (χ0) is 32.3. The molecule has 0 aliphatic carbocycles. The van der Waals surface area contributed by atoms with Gasteiger partial charge in [-0.25, -0.2) is 0 Å². The van der Waals surface area contributed by atoms with E-state index in [2.05, 4.69) is 163 Å². The summed E-state index contributed by atoms with van der Waals surface area (Å²) in [6.45, 7) is 0. The highest BCUT2D eigenvalue weighted by molar-refractivity contribution is 6.20. The van der Waals surface area contributed by atoms with Gasteiger partial charge in [0.05, 0.1) is 5.69 Å². The molecule has 3 nitrogen and oxygen atoms in total. The highest BCUT2D eigenvalue weighted by Gasteiger charge is 2.21. The number of anilines is 3. The molecular weight excluding hydrogens is 599 g/mol. The molecule has 0 fully saturated rings. The minimum absolute atomic E-state index is 0.884. The Kier molecular flexibility index (Phi) is 6.18. The van der Waals surface area contributed by atoms with Crippen LogP contribution in [0.2, 0.25) is 0 Å². The molecule has 0 bridgehead atoms. The van der Waals surface area contributed by atoms with Crippen LogP contribution in [0.5, 0.6) is 0 Å². The summed E-state index contributed by atoms with van der Waals surface area (Å²) < 4.78 is 12.8. The van der Waals surface area contributed by atoms with Gasteiger partial charge in [-0.2, -0.15) is 0 Å². The molecule has 10 aromatic rings. The monoisotopic (exact) mass is 627 g/mol. The molecule has 2 heterocycles. The summed E-state index contributed by atoms with van der Waals surface area (Å²) in [4.78, 5) is 2.35. The average Bonchev–Trinajstić information content (AvgIpc) is 3.75. The first-order valence-electron chi connectivity index (χ1n) is 16.6. The molecule has 0 saturated heterocycles. The molecule has 2 aromatic heterocycles. The summed E-state index contributed by atoms with van der Waals surface area (Å²) >= 11 is 0. The molecule has 0 aliphatic rings. The maximum Gasteiger partial charge on any atom is 0.143 e. The first-order valence-corrected chi connectivity index (χ1v) is 16.6. The van der Waals surface area contributed by atoms with Crippen LogP contribution in [0.3, 0.4) is 0 Å². The van der Waals surface area contributed by atoms with Crippen LogP contribution in [0.1, 0.15) is 0 Å². The molecule has 0 spiro atoms. The molecule has 0 saturated carbocycles. The number of hydrogen-bond acceptors (Lipinski definition) is 3. The number of para-hydroxylation sites is 3. The fraction of sp³-hybridized carbons (Fsp3) is 0. The Balaban J connectivity index is 1.15. The lowest BCUT2D eigenvalue weighted by atomic mass is 9.96. The van der Waals surface area contributed by atoms with E-state index in [1.165, 1.54) is 5.39 Å². The van der Waals surface area contributed by atoms with Crippen molar-refractivity contribution < 1.29 is 8.83 Å². The quantitative estimate of drug-likeness (QED) is 0.190. The van der Waals surface area contributed by atoms with Gasteiger partial charge in [0.1, 0.15) is 22.3 Å². The largest absolute Gasteiger partial charge is 0.456 e. The molecule has 10 rings (SSSR count). The van der Waals surface area contributed by atoms with E-state index >= 15 is 0 Å². The lowest BCUT2D eigenvalue weighted by molar-refractivity contribution is 0.669. The SMILES string of the molecule is c1ccc(N(c2ccc(-c3cccc4oc5ccccc5c34)cc2)c2ccccc2-c2cccc3oc4c5ccccc5ccc4c23)cc1. The second-order valence-corrected chi connectivity index (χ2v) is 12.5. The van der Waals surface area contributed by atoms with Gasteiger partial charge >= 0.3 is 0 Å². The molecule has 0 atom stereocenters. The summed E-state index contributed by atoms with van der Waals surface area (Å²) in [5, 5.41) is 6.82. The topological polar surface area (TPSA) is 29.5 Å². The Morgan fingerprint density at radius 2 is 0.959 bits per heavy atom. The van der Waals surface area contributed by atoms with Crippen LogP contribution in [0, 0.1) is 0 Å². The number of fused-ring (bicyclic) bond motifs is 8. The second-order valence-electron chi connectivity index (χ2n) is 12.5. The predicted molar refractivity (Wildman–Crippen MR) is 204 cm³/mol. The Morgan fingerprint density at radius 3 is 1.82 bits per heavy atom. The van der Waals surface area contributed by atoms with Gasteiger partial charge in [0.25, 0.3) is 0 Å². The Morgan fingerprint density at radius 1 is 0.347 bits per heavy atom. The van der Waals surface area contributed by atoms with Gasteiger partial charge < -0.3 is 13.7 Å². The third-order valence-corrected chi connectivity index (χ3v) is 9.68. The van der Waals surface area contributed by atoms with Crippen LogP contribution in [-0.4, -0.2) is 0 Å². The normalized spacial score (nSPS) is 11.7. The van der Waals surface area contributed by atoms with Gasteiger partial charge in [-0.15, -0.1) is 0 Å². The number of furan rings is 2. The lowest BCUT2D eigenvalue weighted by Gasteiger charge is -2.28. The minimum atomic E-state index is 0.884. The Hall–Kier alpha value is -6.58. The Labute approximate surface area is 282 Å². The second kappa shape index (κ2) is 11.0. The van der Waals surface area contributed by atoms with Crippen molar-refractivity contribution in [3.8, 4) is 22.3 Å². The van der Waals surface area contributed by atoms with E-state index in [1.807, 2.05) is 18.2 Å². The van der Waals surface area contributed by atoms with E-state index in [0.29, 0.717) is 0 Å². The van der Waals surface area contributed by atoms with Gasteiger partial charge in [-0.1, -0.05) is 121 Å². The molecule has 0 amide bonds. The van der Waals surface area contributed by atoms with Crippen LogP contribution in [0.25, 0.3) is 76.9 Å². The van der Waals surface area contributed by atoms with Gasteiger partial charge in [0.15, 0.2) is 0 Å². The third kappa shape index (κ3) is 4.37. The first-order chi connectivity index (χ1) is 24.3. The van der Waals surface area contributed by atoms with Gasteiger partial charge in [-0.05, 0) is 76.7 Å². The Bertz CT molecular complexity index is 2830. The average molecular weight is 628 g/mol. The number of rotatable bonds is 5. The molecular formula is C46H29NO2. The van der Waals surface area contributed by atoms with E-state index in [1.54, 1.807) is 0 Å². The number of benzene rings is 8. The van der Waals surface area contributed by atoms with Crippen molar-refractivity contribution in [3.63, 3.8) is 0 Å². The maximum atomic E-state index is 6.58. The predicted octanol–water partition coefficient (Wildman–Crippen LogP) is 13.4. The lowest BCUT2D eigenvalue weighted by Crippen LogP contribution is -2.11. The summed E-state index contributed by atoms with van der Waals surface area (Å²) in [7, 11) is 0. The highest BCUT2D eigenvalue weighted by atomic mass is 16.3. The molecule has 3 heteroatoms. The smallest absolute Gasteiger partial charge is 0.143 e. The highest BCUT2D eigenvalue weighted by Crippen LogP contribution is 2.46. The molecule has 49 heavy (non-hydrogen) atoms. The standard InChI is InChI=1S/C46H29NO2/c1-2-13-32(14-3-1)47(33-27-24-31(25-28-33)34-18-10-22-42-44(34)38-17-7-9-21-41(38)48-42)40-20-8-6-16-36(40)37-19-11-23-43-45(37)39-29-26-30-12-4-5-15-35(30)46(39)49-43/h1-29H. The fourth-order valence-corrected chi connectivity index (χ4v) is 7.48. The molecule has 0 aliphatic heterocycles. The van der Waals surface area contributed by atoms with E-state index < -0.39 is 0 Å². The summed E-state index contributed by atoms with van der Waals surface area (Å²) in [5.74, 6) is 0. The van der Waals surface area contributed by atoms with Crippen LogP contribution < -0.4 is 4.90 Å². The van der Waals surface area contributed by atoms with Gasteiger partial charge in [0, 0.05) is 43.9 Å². The van der Waals surface area contributed by atoms with Crippen LogP contribution >= 0.6 is 0 Å². The number of hydrogen-bond donors (Lipinski definition) is 0. The zero-order valence-electron chi connectivity index (χ0n) is 26.5. The van der Waals surface area contributed by atoms with Crippen molar-refractivity contribution in [3.05, 3.63) is 176 Å².